The molecule has 0 fully saturated rings. The number of hydrogen-bond donors (Lipinski definition) is 1. The van der Waals surface area contributed by atoms with E-state index in [1.54, 1.807) is 0 Å². The quantitative estimate of drug-likeness (QED) is 0.380. The number of nitrogens with one attached hydrogen (secondary N) is 1. The number of benzene rings is 1. The fraction of sp³-hybridized carbons (Fsp3) is 0.278. The van der Waals surface area contributed by atoms with Crippen LogP contribution >= 0.6 is 23.2 Å². The van der Waals surface area contributed by atoms with Crippen molar-refractivity contribution in [2.45, 2.75) is 19.5 Å². The maximum Gasteiger partial charge on any atom is 0.417 e. The van der Waals surface area contributed by atoms with Crippen molar-refractivity contribution in [1.82, 2.24) is 10.3 Å². The van der Waals surface area contributed by atoms with Crippen LogP contribution in [0.3, 0.4) is 0 Å². The molecule has 1 amide bonds. The van der Waals surface area contributed by atoms with Crippen LogP contribution < -0.4 is 5.32 Å². The summed E-state index contributed by atoms with van der Waals surface area (Å²) in [4.78, 5) is 21.5. The van der Waals surface area contributed by atoms with Gasteiger partial charge in [0.15, 0.2) is 0 Å². The van der Waals surface area contributed by atoms with Crippen molar-refractivity contribution in [2.24, 2.45) is 5.16 Å². The van der Waals surface area contributed by atoms with Crippen LogP contribution in [0, 0.1) is 0 Å². The summed E-state index contributed by atoms with van der Waals surface area (Å²) in [7, 11) is 0. The van der Waals surface area contributed by atoms with Crippen LogP contribution in [-0.2, 0) is 11.0 Å². The summed E-state index contributed by atoms with van der Waals surface area (Å²) in [6.45, 7) is 1.93. The fourth-order valence-electron chi connectivity index (χ4n) is 2.19. The van der Waals surface area contributed by atoms with Gasteiger partial charge < -0.3 is 10.2 Å². The highest BCUT2D eigenvalue weighted by molar-refractivity contribution is 6.36. The molecule has 5 nitrogen and oxygen atoms in total. The Labute approximate surface area is 169 Å². The minimum Gasteiger partial charge on any atom is -0.395 e. The molecule has 1 N–H and O–H groups in total. The monoisotopic (exact) mass is 433 g/mol. The van der Waals surface area contributed by atoms with E-state index < -0.39 is 23.2 Å². The molecule has 10 heteroatoms. The number of rotatable bonds is 7. The first-order chi connectivity index (χ1) is 13.2. The molecule has 0 saturated carbocycles. The zero-order chi connectivity index (χ0) is 20.7. The predicted molar refractivity (Wildman–Crippen MR) is 101 cm³/mol. The first kappa shape index (κ1) is 22.0. The predicted octanol–water partition coefficient (Wildman–Crippen LogP) is 4.97. The van der Waals surface area contributed by atoms with Gasteiger partial charge in [0.1, 0.15) is 18.0 Å². The van der Waals surface area contributed by atoms with Crippen LogP contribution in [0.25, 0.3) is 0 Å². The number of alkyl halides is 3. The molecule has 1 heterocycles. The summed E-state index contributed by atoms with van der Waals surface area (Å²) in [5, 5.41) is 6.76. The lowest BCUT2D eigenvalue weighted by atomic mass is 10.1. The Bertz CT molecular complexity index is 873. The molecule has 1 aromatic heterocycles. The number of carbonyl (C=O) groups excluding carboxylic acids is 1. The third-order valence-electron chi connectivity index (χ3n) is 3.44. The molecule has 2 aromatic rings. The Kier molecular flexibility index (Phi) is 7.65. The third-order valence-corrected chi connectivity index (χ3v) is 3.94. The van der Waals surface area contributed by atoms with Crippen LogP contribution in [-0.4, -0.2) is 29.8 Å². The molecule has 0 bridgehead atoms. The molecule has 2 rings (SSSR count). The number of hydrogen-bond acceptors (Lipinski definition) is 4. The number of aromatic nitrogens is 1. The van der Waals surface area contributed by atoms with Crippen molar-refractivity contribution in [3.63, 3.8) is 0 Å². The average Bonchev–Trinajstić information content (AvgIpc) is 2.64. The SMILES string of the molecule is CCCO/N=C(/CNC(=O)c1ccccc1C(F)(F)F)c1ncc(Cl)cc1Cl. The van der Waals surface area contributed by atoms with E-state index in [4.69, 9.17) is 28.0 Å². The second-order valence-corrected chi connectivity index (χ2v) is 6.42. The fourth-order valence-corrected chi connectivity index (χ4v) is 2.68. The Hall–Kier alpha value is -2.32. The third kappa shape index (κ3) is 5.84. The van der Waals surface area contributed by atoms with Crippen LogP contribution in [0.15, 0.2) is 41.7 Å². The minimum atomic E-state index is -4.66. The van der Waals surface area contributed by atoms with Crippen molar-refractivity contribution in [2.75, 3.05) is 13.2 Å². The van der Waals surface area contributed by atoms with E-state index in [1.165, 1.54) is 24.4 Å². The average molecular weight is 434 g/mol. The second kappa shape index (κ2) is 9.75. The molecule has 0 unspecified atom stereocenters. The van der Waals surface area contributed by atoms with Gasteiger partial charge in [-0.05, 0) is 24.6 Å². The van der Waals surface area contributed by atoms with Crippen LogP contribution in [0.2, 0.25) is 10.0 Å². The van der Waals surface area contributed by atoms with Crippen LogP contribution in [0.1, 0.15) is 35.0 Å². The number of nitrogens with zero attached hydrogens (tertiary/aromatic N) is 2. The van der Waals surface area contributed by atoms with Crippen molar-refractivity contribution >= 4 is 34.8 Å². The summed E-state index contributed by atoms with van der Waals surface area (Å²) in [6, 6.07) is 5.92. The number of halogens is 5. The maximum absolute atomic E-state index is 13.1. The summed E-state index contributed by atoms with van der Waals surface area (Å²) >= 11 is 11.9. The van der Waals surface area contributed by atoms with Gasteiger partial charge in [0.05, 0.1) is 27.7 Å². The van der Waals surface area contributed by atoms with Gasteiger partial charge in [0.25, 0.3) is 5.91 Å². The molecule has 0 aliphatic heterocycles. The van der Waals surface area contributed by atoms with E-state index in [2.05, 4.69) is 15.5 Å². The molecule has 1 aromatic carbocycles. The maximum atomic E-state index is 13.1. The number of pyridine rings is 1. The first-order valence-electron chi connectivity index (χ1n) is 8.18. The van der Waals surface area contributed by atoms with Gasteiger partial charge >= 0.3 is 6.18 Å². The van der Waals surface area contributed by atoms with E-state index in [9.17, 15) is 18.0 Å². The molecule has 0 saturated heterocycles. The normalized spacial score (nSPS) is 12.0. The lowest BCUT2D eigenvalue weighted by Gasteiger charge is -2.13. The first-order valence-corrected chi connectivity index (χ1v) is 8.94. The Morgan fingerprint density at radius 2 is 2.00 bits per heavy atom. The van der Waals surface area contributed by atoms with Gasteiger partial charge in [-0.3, -0.25) is 9.78 Å². The standard InChI is InChI=1S/C18H16Cl2F3N3O2/c1-2-7-28-26-15(16-14(20)8-11(19)9-24-16)10-25-17(27)12-5-3-4-6-13(12)18(21,22)23/h3-6,8-9H,2,7,10H2,1H3,(H,25,27)/b26-15-. The van der Waals surface area contributed by atoms with Crippen molar-refractivity contribution < 1.29 is 22.8 Å². The van der Waals surface area contributed by atoms with Crippen LogP contribution in [0.4, 0.5) is 13.2 Å². The van der Waals surface area contributed by atoms with Gasteiger partial charge in [-0.25, -0.2) is 0 Å². The number of carbonyl (C=O) groups is 1. The van der Waals surface area contributed by atoms with E-state index in [1.807, 2.05) is 6.92 Å². The topological polar surface area (TPSA) is 63.6 Å². The Morgan fingerprint density at radius 3 is 2.64 bits per heavy atom. The van der Waals surface area contributed by atoms with E-state index in [-0.39, 0.29) is 23.0 Å². The summed E-state index contributed by atoms with van der Waals surface area (Å²) in [5.41, 5.74) is -1.19. The zero-order valence-corrected chi connectivity index (χ0v) is 16.2. The summed E-state index contributed by atoms with van der Waals surface area (Å²) < 4.78 is 39.3. The van der Waals surface area contributed by atoms with Gasteiger partial charge in [0.2, 0.25) is 0 Å². The van der Waals surface area contributed by atoms with E-state index in [0.717, 1.165) is 12.1 Å². The van der Waals surface area contributed by atoms with Gasteiger partial charge in [0, 0.05) is 6.20 Å². The summed E-state index contributed by atoms with van der Waals surface area (Å²) in [5.74, 6) is -0.916. The number of amides is 1. The highest BCUT2D eigenvalue weighted by Crippen LogP contribution is 2.31. The molecule has 0 spiro atoms. The van der Waals surface area contributed by atoms with Gasteiger partial charge in [-0.2, -0.15) is 13.2 Å². The molecule has 0 atom stereocenters. The highest BCUT2D eigenvalue weighted by Gasteiger charge is 2.34. The van der Waals surface area contributed by atoms with Gasteiger partial charge in [-0.1, -0.05) is 47.4 Å². The van der Waals surface area contributed by atoms with E-state index >= 15 is 0 Å². The van der Waals surface area contributed by atoms with Gasteiger partial charge in [-0.15, -0.1) is 0 Å². The molecule has 0 aliphatic rings. The van der Waals surface area contributed by atoms with Crippen molar-refractivity contribution in [3.8, 4) is 0 Å². The largest absolute Gasteiger partial charge is 0.417 e. The number of oxime groups is 1. The second-order valence-electron chi connectivity index (χ2n) is 5.58. The summed E-state index contributed by atoms with van der Waals surface area (Å²) in [6.07, 6.45) is -2.64. The van der Waals surface area contributed by atoms with Crippen molar-refractivity contribution in [1.29, 1.82) is 0 Å². The molecule has 28 heavy (non-hydrogen) atoms. The molecule has 150 valence electrons. The van der Waals surface area contributed by atoms with Crippen molar-refractivity contribution in [3.05, 3.63) is 63.4 Å². The molecule has 0 radical (unpaired) electrons. The van der Waals surface area contributed by atoms with Crippen LogP contribution in [0.5, 0.6) is 0 Å². The lowest BCUT2D eigenvalue weighted by molar-refractivity contribution is -0.137. The zero-order valence-electron chi connectivity index (χ0n) is 14.7. The minimum absolute atomic E-state index is 0.146. The lowest BCUT2D eigenvalue weighted by Crippen LogP contribution is -2.32. The Morgan fingerprint density at radius 1 is 1.29 bits per heavy atom. The molecular weight excluding hydrogens is 418 g/mol. The molecular formula is C18H16Cl2F3N3O2. The molecule has 0 aliphatic carbocycles. The Balaban J connectivity index is 2.24. The van der Waals surface area contributed by atoms with E-state index in [0.29, 0.717) is 18.1 Å². The highest BCUT2D eigenvalue weighted by atomic mass is 35.5. The smallest absolute Gasteiger partial charge is 0.395 e.